The summed E-state index contributed by atoms with van der Waals surface area (Å²) in [6.07, 6.45) is 12.0. The van der Waals surface area contributed by atoms with Gasteiger partial charge >= 0.3 is 11.9 Å². The number of carbonyl (C=O) groups is 3. The lowest BCUT2D eigenvalue weighted by atomic mass is 9.79. The monoisotopic (exact) mass is 548 g/mol. The number of hydrogen-bond donors (Lipinski definition) is 2. The number of carboxylic acids is 2. The van der Waals surface area contributed by atoms with Crippen molar-refractivity contribution in [2.45, 2.75) is 57.8 Å². The SMILES string of the molecule is Cc1csc2c(C3=CCN(CCC(C(=O)C4CCCCC4)c4ccccn4)CC3)cccc12.O=C(O)C(=O)O. The standard InChI is InChI=1S/C29H34N2OS.C2H2O4/c1-21-20-33-29-24(21)10-7-11-25(29)22-13-17-31(18-14-22)19-15-26(27-12-5-6-16-30-27)28(32)23-8-3-2-4-9-23;3-1(4)2(5)6/h5-7,10-13,16,20,23,26H,2-4,8-9,14-15,17-19H2,1H3;(H,3,4)(H,5,6). The third kappa shape index (κ3) is 7.40. The van der Waals surface area contributed by atoms with E-state index in [1.165, 1.54) is 46.0 Å². The number of rotatable bonds is 7. The smallest absolute Gasteiger partial charge is 0.414 e. The quantitative estimate of drug-likeness (QED) is 0.340. The van der Waals surface area contributed by atoms with Crippen LogP contribution in [-0.2, 0) is 14.4 Å². The van der Waals surface area contributed by atoms with Crippen molar-refractivity contribution in [3.05, 3.63) is 70.9 Å². The van der Waals surface area contributed by atoms with E-state index < -0.39 is 11.9 Å². The van der Waals surface area contributed by atoms with Gasteiger partial charge in [-0.05, 0) is 78.8 Å². The molecular weight excluding hydrogens is 512 g/mol. The number of aryl methyl sites for hydroxylation is 1. The Kier molecular flexibility index (Phi) is 10.0. The zero-order chi connectivity index (χ0) is 27.8. The molecule has 206 valence electrons. The van der Waals surface area contributed by atoms with E-state index in [1.54, 1.807) is 0 Å². The Bertz CT molecular complexity index is 1320. The topological polar surface area (TPSA) is 108 Å². The predicted octanol–water partition coefficient (Wildman–Crippen LogP) is 6.17. The van der Waals surface area contributed by atoms with Gasteiger partial charge in [-0.15, -0.1) is 11.3 Å². The molecule has 0 amide bonds. The molecule has 1 atom stereocenters. The van der Waals surface area contributed by atoms with E-state index in [0.717, 1.165) is 51.0 Å². The zero-order valence-corrected chi connectivity index (χ0v) is 23.2. The predicted molar refractivity (Wildman–Crippen MR) is 154 cm³/mol. The van der Waals surface area contributed by atoms with Gasteiger partial charge in [-0.25, -0.2) is 9.59 Å². The summed E-state index contributed by atoms with van der Waals surface area (Å²) in [5.41, 5.74) is 5.21. The molecule has 3 aromatic rings. The first kappa shape index (κ1) is 28.6. The van der Waals surface area contributed by atoms with Gasteiger partial charge in [0.2, 0.25) is 0 Å². The summed E-state index contributed by atoms with van der Waals surface area (Å²) < 4.78 is 1.42. The van der Waals surface area contributed by atoms with Crippen LogP contribution in [0.3, 0.4) is 0 Å². The number of Topliss-reactive ketones (excluding diaryl/α,β-unsaturated/α-hetero) is 1. The molecule has 1 saturated carbocycles. The highest BCUT2D eigenvalue weighted by Crippen LogP contribution is 2.35. The molecule has 5 rings (SSSR count). The molecule has 0 spiro atoms. The number of thiophene rings is 1. The summed E-state index contributed by atoms with van der Waals surface area (Å²) >= 11 is 1.86. The Balaban J connectivity index is 0.000000531. The highest BCUT2D eigenvalue weighted by Gasteiger charge is 2.30. The Hall–Kier alpha value is -3.36. The van der Waals surface area contributed by atoms with E-state index in [1.807, 2.05) is 35.7 Å². The van der Waals surface area contributed by atoms with Gasteiger partial charge in [-0.3, -0.25) is 14.7 Å². The summed E-state index contributed by atoms with van der Waals surface area (Å²) in [5, 5.41) is 18.4. The first-order valence-corrected chi connectivity index (χ1v) is 14.5. The van der Waals surface area contributed by atoms with Crippen molar-refractivity contribution in [1.29, 1.82) is 0 Å². The zero-order valence-electron chi connectivity index (χ0n) is 22.3. The van der Waals surface area contributed by atoms with Crippen molar-refractivity contribution in [2.75, 3.05) is 19.6 Å². The van der Waals surface area contributed by atoms with Crippen LogP contribution < -0.4 is 0 Å². The van der Waals surface area contributed by atoms with Crippen LogP contribution in [0.2, 0.25) is 0 Å². The van der Waals surface area contributed by atoms with E-state index in [0.29, 0.717) is 5.78 Å². The second-order valence-electron chi connectivity index (χ2n) is 10.3. The molecule has 2 aromatic heterocycles. The number of hydrogen-bond acceptors (Lipinski definition) is 6. The summed E-state index contributed by atoms with van der Waals surface area (Å²) in [5.74, 6) is -3.05. The molecule has 8 heteroatoms. The van der Waals surface area contributed by atoms with Gasteiger partial charge in [0.1, 0.15) is 5.78 Å². The molecule has 1 unspecified atom stereocenters. The average Bonchev–Trinajstić information content (AvgIpc) is 3.35. The Morgan fingerprint density at radius 1 is 1.05 bits per heavy atom. The van der Waals surface area contributed by atoms with Gasteiger partial charge in [0.25, 0.3) is 0 Å². The maximum absolute atomic E-state index is 13.5. The lowest BCUT2D eigenvalue weighted by Crippen LogP contribution is -2.33. The maximum Gasteiger partial charge on any atom is 0.414 e. The van der Waals surface area contributed by atoms with Crippen LogP contribution in [-0.4, -0.2) is 57.5 Å². The fourth-order valence-electron chi connectivity index (χ4n) is 5.60. The van der Waals surface area contributed by atoms with Crippen molar-refractivity contribution in [2.24, 2.45) is 5.92 Å². The number of pyridine rings is 1. The highest BCUT2D eigenvalue weighted by atomic mass is 32.1. The summed E-state index contributed by atoms with van der Waals surface area (Å²) in [6, 6.07) is 12.7. The number of carboxylic acid groups (broad SMARTS) is 2. The number of nitrogens with zero attached hydrogens (tertiary/aromatic N) is 2. The molecule has 0 saturated heterocycles. The van der Waals surface area contributed by atoms with E-state index in [2.05, 4.69) is 46.5 Å². The van der Waals surface area contributed by atoms with Gasteiger partial charge in [-0.1, -0.05) is 49.6 Å². The van der Waals surface area contributed by atoms with Crippen molar-refractivity contribution in [1.82, 2.24) is 9.88 Å². The molecule has 2 N–H and O–H groups in total. The van der Waals surface area contributed by atoms with Crippen LogP contribution in [0.1, 0.15) is 67.7 Å². The second kappa shape index (κ2) is 13.6. The van der Waals surface area contributed by atoms with Gasteiger partial charge in [0, 0.05) is 29.9 Å². The molecule has 3 heterocycles. The van der Waals surface area contributed by atoms with Crippen LogP contribution in [0.5, 0.6) is 0 Å². The average molecular weight is 549 g/mol. The van der Waals surface area contributed by atoms with Crippen LogP contribution in [0, 0.1) is 12.8 Å². The van der Waals surface area contributed by atoms with Crippen LogP contribution in [0.4, 0.5) is 0 Å². The van der Waals surface area contributed by atoms with Crippen LogP contribution in [0.25, 0.3) is 15.7 Å². The molecule has 0 radical (unpaired) electrons. The molecule has 7 nitrogen and oxygen atoms in total. The van der Waals surface area contributed by atoms with Crippen molar-refractivity contribution < 1.29 is 24.6 Å². The minimum absolute atomic E-state index is 0.0671. The van der Waals surface area contributed by atoms with Gasteiger partial charge < -0.3 is 10.2 Å². The summed E-state index contributed by atoms with van der Waals surface area (Å²) in [4.78, 5) is 38.8. The van der Waals surface area contributed by atoms with Crippen molar-refractivity contribution in [3.8, 4) is 0 Å². The van der Waals surface area contributed by atoms with Crippen LogP contribution >= 0.6 is 11.3 Å². The molecule has 39 heavy (non-hydrogen) atoms. The largest absolute Gasteiger partial charge is 0.473 e. The molecule has 2 aliphatic rings. The minimum atomic E-state index is -1.82. The number of aliphatic carboxylic acids is 2. The number of ketones is 1. The number of fused-ring (bicyclic) bond motifs is 1. The highest BCUT2D eigenvalue weighted by molar-refractivity contribution is 7.17. The normalized spacial score (nSPS) is 17.1. The summed E-state index contributed by atoms with van der Waals surface area (Å²) in [6.45, 7) is 5.17. The lowest BCUT2D eigenvalue weighted by molar-refractivity contribution is -0.159. The van der Waals surface area contributed by atoms with E-state index in [9.17, 15) is 4.79 Å². The van der Waals surface area contributed by atoms with E-state index >= 15 is 0 Å². The molecule has 1 fully saturated rings. The Morgan fingerprint density at radius 2 is 1.82 bits per heavy atom. The van der Waals surface area contributed by atoms with Crippen LogP contribution in [0.15, 0.2) is 54.1 Å². The number of benzene rings is 1. The maximum atomic E-state index is 13.5. The van der Waals surface area contributed by atoms with Crippen molar-refractivity contribution >= 4 is 44.7 Å². The molecule has 1 aliphatic carbocycles. The first-order chi connectivity index (χ1) is 18.8. The fraction of sp³-hybridized carbons (Fsp3) is 0.419. The number of aromatic nitrogens is 1. The first-order valence-electron chi connectivity index (χ1n) is 13.6. The minimum Gasteiger partial charge on any atom is -0.473 e. The Labute approximate surface area is 233 Å². The fourth-order valence-corrected chi connectivity index (χ4v) is 6.70. The second-order valence-corrected chi connectivity index (χ2v) is 11.2. The van der Waals surface area contributed by atoms with Gasteiger partial charge in [0.05, 0.1) is 11.6 Å². The third-order valence-electron chi connectivity index (χ3n) is 7.75. The number of carbonyl (C=O) groups excluding carboxylic acids is 1. The molecule has 1 aliphatic heterocycles. The van der Waals surface area contributed by atoms with Crippen molar-refractivity contribution in [3.63, 3.8) is 0 Å². The van der Waals surface area contributed by atoms with Gasteiger partial charge in [-0.2, -0.15) is 0 Å². The van der Waals surface area contributed by atoms with E-state index in [4.69, 9.17) is 19.8 Å². The molecule has 0 bridgehead atoms. The van der Waals surface area contributed by atoms with E-state index in [-0.39, 0.29) is 11.8 Å². The van der Waals surface area contributed by atoms with Gasteiger partial charge in [0.15, 0.2) is 0 Å². The summed E-state index contributed by atoms with van der Waals surface area (Å²) in [7, 11) is 0. The Morgan fingerprint density at radius 3 is 2.46 bits per heavy atom. The lowest BCUT2D eigenvalue weighted by Gasteiger charge is -2.29. The third-order valence-corrected chi connectivity index (χ3v) is 8.89. The molecule has 1 aromatic carbocycles. The molecular formula is C31H36N2O5S.